The van der Waals surface area contributed by atoms with Crippen LogP contribution >= 0.6 is 0 Å². The fourth-order valence-corrected chi connectivity index (χ4v) is 2.33. The lowest BCUT2D eigenvalue weighted by atomic mass is 10.0. The molecule has 110 valence electrons. The van der Waals surface area contributed by atoms with E-state index in [9.17, 15) is 9.00 Å². The van der Waals surface area contributed by atoms with Gasteiger partial charge in [-0.1, -0.05) is 48.5 Å². The van der Waals surface area contributed by atoms with Crippen molar-refractivity contribution in [2.75, 3.05) is 23.9 Å². The highest BCUT2D eigenvalue weighted by Crippen LogP contribution is 2.27. The Balaban J connectivity index is 2.07. The monoisotopic (exact) mass is 302 g/mol. The predicted octanol–water partition coefficient (Wildman–Crippen LogP) is 2.85. The van der Waals surface area contributed by atoms with Crippen LogP contribution in [0.15, 0.2) is 54.6 Å². The van der Waals surface area contributed by atoms with Crippen LogP contribution < -0.4 is 10.6 Å². The van der Waals surface area contributed by atoms with Crippen molar-refractivity contribution < 1.29 is 9.00 Å². The minimum atomic E-state index is -0.905. The van der Waals surface area contributed by atoms with Crippen molar-refractivity contribution >= 4 is 22.5 Å². The summed E-state index contributed by atoms with van der Waals surface area (Å²) < 4.78 is 11.0. The summed E-state index contributed by atoms with van der Waals surface area (Å²) in [7, 11) is -0.905. The molecule has 0 aliphatic rings. The molecule has 0 heterocycles. The summed E-state index contributed by atoms with van der Waals surface area (Å²) in [6, 6.07) is 17.2. The lowest BCUT2D eigenvalue weighted by molar-refractivity contribution is 0.252. The van der Waals surface area contributed by atoms with Crippen molar-refractivity contribution in [1.29, 1.82) is 0 Å². The summed E-state index contributed by atoms with van der Waals surface area (Å²) in [6.07, 6.45) is 1.62. The van der Waals surface area contributed by atoms with Crippen LogP contribution in [0.3, 0.4) is 0 Å². The molecule has 2 aromatic carbocycles. The van der Waals surface area contributed by atoms with E-state index in [-0.39, 0.29) is 6.03 Å². The Bertz CT molecular complexity index is 629. The molecule has 0 aliphatic carbocycles. The first-order valence-corrected chi connectivity index (χ1v) is 8.39. The number of amides is 2. The number of rotatable bonds is 5. The minimum absolute atomic E-state index is 0.288. The summed E-state index contributed by atoms with van der Waals surface area (Å²) in [6.45, 7) is 0.391. The van der Waals surface area contributed by atoms with Crippen LogP contribution in [-0.4, -0.2) is 28.8 Å². The lowest BCUT2D eigenvalue weighted by Gasteiger charge is -2.12. The van der Waals surface area contributed by atoms with E-state index < -0.39 is 10.8 Å². The Morgan fingerprint density at radius 3 is 2.43 bits per heavy atom. The molecule has 0 saturated heterocycles. The molecule has 1 atom stereocenters. The fourth-order valence-electron chi connectivity index (χ4n) is 1.94. The SMILES string of the molecule is C[S@](=O)CCNC(=O)Nc1ccccc1-c1ccccc1. The highest BCUT2D eigenvalue weighted by atomic mass is 32.2. The summed E-state index contributed by atoms with van der Waals surface area (Å²) in [5.41, 5.74) is 2.76. The number of nitrogens with one attached hydrogen (secondary N) is 2. The molecular formula is C16H18N2O2S. The Morgan fingerprint density at radius 1 is 1.05 bits per heavy atom. The molecule has 0 fully saturated rings. The molecule has 2 aromatic rings. The predicted molar refractivity (Wildman–Crippen MR) is 87.8 cm³/mol. The van der Waals surface area contributed by atoms with Crippen LogP contribution in [0.2, 0.25) is 0 Å². The average Bonchev–Trinajstić information content (AvgIpc) is 2.48. The summed E-state index contributed by atoms with van der Waals surface area (Å²) in [4.78, 5) is 11.9. The molecule has 0 bridgehead atoms. The summed E-state index contributed by atoms with van der Waals surface area (Å²) in [5.74, 6) is 0.452. The van der Waals surface area contributed by atoms with Crippen molar-refractivity contribution in [3.8, 4) is 11.1 Å². The van der Waals surface area contributed by atoms with E-state index in [1.165, 1.54) is 0 Å². The van der Waals surface area contributed by atoms with Gasteiger partial charge < -0.3 is 10.6 Å². The second-order valence-electron chi connectivity index (χ2n) is 4.57. The zero-order valence-corrected chi connectivity index (χ0v) is 12.7. The summed E-state index contributed by atoms with van der Waals surface area (Å²) in [5, 5.41) is 5.53. The van der Waals surface area contributed by atoms with Gasteiger partial charge in [-0.05, 0) is 11.6 Å². The number of urea groups is 1. The molecule has 2 rings (SSSR count). The molecule has 0 saturated carbocycles. The third kappa shape index (κ3) is 4.72. The topological polar surface area (TPSA) is 58.2 Å². The van der Waals surface area contributed by atoms with E-state index in [1.807, 2.05) is 54.6 Å². The van der Waals surface area contributed by atoms with Gasteiger partial charge in [0, 0.05) is 34.9 Å². The number of benzene rings is 2. The quantitative estimate of drug-likeness (QED) is 0.892. The smallest absolute Gasteiger partial charge is 0.319 e. The van der Waals surface area contributed by atoms with Gasteiger partial charge in [-0.15, -0.1) is 0 Å². The first-order chi connectivity index (χ1) is 10.2. The largest absolute Gasteiger partial charge is 0.337 e. The summed E-state index contributed by atoms with van der Waals surface area (Å²) >= 11 is 0. The number of hydrogen-bond donors (Lipinski definition) is 2. The maximum atomic E-state index is 11.9. The van der Waals surface area contributed by atoms with Gasteiger partial charge in [-0.2, -0.15) is 0 Å². The molecule has 5 heteroatoms. The van der Waals surface area contributed by atoms with Gasteiger partial charge >= 0.3 is 6.03 Å². The molecule has 4 nitrogen and oxygen atoms in total. The van der Waals surface area contributed by atoms with Gasteiger partial charge in [-0.25, -0.2) is 4.79 Å². The van der Waals surface area contributed by atoms with E-state index in [2.05, 4.69) is 10.6 Å². The lowest BCUT2D eigenvalue weighted by Crippen LogP contribution is -2.31. The van der Waals surface area contributed by atoms with E-state index in [1.54, 1.807) is 6.26 Å². The van der Waals surface area contributed by atoms with Crippen LogP contribution in [0.4, 0.5) is 10.5 Å². The number of hydrogen-bond acceptors (Lipinski definition) is 2. The molecule has 0 aromatic heterocycles. The maximum Gasteiger partial charge on any atom is 0.319 e. The van der Waals surface area contributed by atoms with Crippen LogP contribution in [-0.2, 0) is 10.8 Å². The Morgan fingerprint density at radius 2 is 1.71 bits per heavy atom. The number of para-hydroxylation sites is 1. The number of anilines is 1. The molecule has 0 radical (unpaired) electrons. The van der Waals surface area contributed by atoms with E-state index in [0.717, 1.165) is 16.8 Å². The Hall–Kier alpha value is -2.14. The third-order valence-corrected chi connectivity index (χ3v) is 3.71. The van der Waals surface area contributed by atoms with Crippen LogP contribution in [0.25, 0.3) is 11.1 Å². The first kappa shape index (κ1) is 15.3. The van der Waals surface area contributed by atoms with E-state index in [0.29, 0.717) is 12.3 Å². The molecule has 2 N–H and O–H groups in total. The van der Waals surface area contributed by atoms with Gasteiger partial charge in [0.1, 0.15) is 0 Å². The van der Waals surface area contributed by atoms with Gasteiger partial charge in [0.05, 0.1) is 5.69 Å². The highest BCUT2D eigenvalue weighted by Gasteiger charge is 2.07. The average molecular weight is 302 g/mol. The van der Waals surface area contributed by atoms with E-state index in [4.69, 9.17) is 0 Å². The van der Waals surface area contributed by atoms with Crippen molar-refractivity contribution in [2.24, 2.45) is 0 Å². The zero-order chi connectivity index (χ0) is 15.1. The van der Waals surface area contributed by atoms with Crippen molar-refractivity contribution in [3.63, 3.8) is 0 Å². The minimum Gasteiger partial charge on any atom is -0.337 e. The molecule has 2 amide bonds. The van der Waals surface area contributed by atoms with Gasteiger partial charge in [0.25, 0.3) is 0 Å². The Labute approximate surface area is 127 Å². The number of carbonyl (C=O) groups is 1. The molecule has 0 spiro atoms. The molecule has 0 aliphatic heterocycles. The van der Waals surface area contributed by atoms with Crippen molar-refractivity contribution in [2.45, 2.75) is 0 Å². The highest BCUT2D eigenvalue weighted by molar-refractivity contribution is 7.84. The molecule has 21 heavy (non-hydrogen) atoms. The fraction of sp³-hybridized carbons (Fsp3) is 0.188. The third-order valence-electron chi connectivity index (χ3n) is 2.94. The van der Waals surface area contributed by atoms with E-state index >= 15 is 0 Å². The Kier molecular flexibility index (Phi) is 5.51. The second kappa shape index (κ2) is 7.59. The normalized spacial score (nSPS) is 11.7. The molecule has 0 unspecified atom stereocenters. The molecular weight excluding hydrogens is 284 g/mol. The second-order valence-corrected chi connectivity index (χ2v) is 6.12. The van der Waals surface area contributed by atoms with Crippen LogP contribution in [0, 0.1) is 0 Å². The zero-order valence-electron chi connectivity index (χ0n) is 11.8. The van der Waals surface area contributed by atoms with Crippen LogP contribution in [0.1, 0.15) is 0 Å². The van der Waals surface area contributed by atoms with Gasteiger partial charge in [-0.3, -0.25) is 4.21 Å². The van der Waals surface area contributed by atoms with Crippen molar-refractivity contribution in [3.05, 3.63) is 54.6 Å². The standard InChI is InChI=1S/C16H18N2O2S/c1-21(20)12-11-17-16(19)18-15-10-6-5-9-14(15)13-7-3-2-4-8-13/h2-10H,11-12H2,1H3,(H2,17,18,19)/t21-/m0/s1. The van der Waals surface area contributed by atoms with Gasteiger partial charge in [0.15, 0.2) is 0 Å². The van der Waals surface area contributed by atoms with Gasteiger partial charge in [0.2, 0.25) is 0 Å². The maximum absolute atomic E-state index is 11.9. The first-order valence-electron chi connectivity index (χ1n) is 6.66. The van der Waals surface area contributed by atoms with Crippen molar-refractivity contribution in [1.82, 2.24) is 5.32 Å². The number of carbonyl (C=O) groups excluding carboxylic acids is 1. The van der Waals surface area contributed by atoms with Crippen LogP contribution in [0.5, 0.6) is 0 Å².